The number of hydrogen-bond donors (Lipinski definition) is 0. The molecular formula is C33H33BN2O. The zero-order valence-corrected chi connectivity index (χ0v) is 21.9. The Kier molecular flexibility index (Phi) is 6.22. The molecule has 6 rings (SSSR count). The number of pyridine rings is 1. The number of rotatable bonds is 5. The Hall–Kier alpha value is -3.63. The van der Waals surface area contributed by atoms with E-state index in [1.54, 1.807) is 7.11 Å². The zero-order valence-electron chi connectivity index (χ0n) is 21.9. The Morgan fingerprint density at radius 1 is 0.838 bits per heavy atom. The molecule has 37 heavy (non-hydrogen) atoms. The van der Waals surface area contributed by atoms with Crippen LogP contribution >= 0.6 is 0 Å². The molecule has 0 N–H and O–H groups in total. The quantitative estimate of drug-likeness (QED) is 0.310. The van der Waals surface area contributed by atoms with E-state index >= 15 is 0 Å². The number of aromatic nitrogens is 1. The Labute approximate surface area is 220 Å². The Morgan fingerprint density at radius 3 is 2.35 bits per heavy atom. The maximum Gasteiger partial charge on any atom is 0.217 e. The Bertz CT molecular complexity index is 1550. The number of hydrogen-bond acceptors (Lipinski definition) is 3. The molecule has 1 aliphatic rings. The van der Waals surface area contributed by atoms with Gasteiger partial charge in [0.15, 0.2) is 0 Å². The summed E-state index contributed by atoms with van der Waals surface area (Å²) in [5.74, 6) is 0.823. The minimum absolute atomic E-state index is 0.0977. The summed E-state index contributed by atoms with van der Waals surface area (Å²) in [6.07, 6.45) is 2.12. The Morgan fingerprint density at radius 2 is 1.57 bits per heavy atom. The van der Waals surface area contributed by atoms with E-state index in [2.05, 4.69) is 117 Å². The summed E-state index contributed by atoms with van der Waals surface area (Å²) in [5, 5.41) is 3.81. The summed E-state index contributed by atoms with van der Waals surface area (Å²) >= 11 is 0. The predicted molar refractivity (Wildman–Crippen MR) is 157 cm³/mol. The second kappa shape index (κ2) is 9.68. The third kappa shape index (κ3) is 4.20. The molecule has 1 aromatic heterocycles. The van der Waals surface area contributed by atoms with Crippen molar-refractivity contribution in [1.29, 1.82) is 0 Å². The van der Waals surface area contributed by atoms with Crippen molar-refractivity contribution in [2.24, 2.45) is 0 Å². The topological polar surface area (TPSA) is 25.4 Å². The molecule has 5 aromatic rings. The fourth-order valence-corrected chi connectivity index (χ4v) is 6.50. The van der Waals surface area contributed by atoms with Crippen molar-refractivity contribution in [1.82, 2.24) is 9.88 Å². The van der Waals surface area contributed by atoms with Gasteiger partial charge in [-0.25, -0.2) is 4.98 Å². The summed E-state index contributed by atoms with van der Waals surface area (Å²) in [4.78, 5) is 7.51. The van der Waals surface area contributed by atoms with Crippen molar-refractivity contribution in [2.75, 3.05) is 27.2 Å². The van der Waals surface area contributed by atoms with E-state index in [4.69, 9.17) is 9.72 Å². The lowest BCUT2D eigenvalue weighted by atomic mass is 9.59. The molecule has 1 saturated heterocycles. The second-order valence-corrected chi connectivity index (χ2v) is 10.6. The van der Waals surface area contributed by atoms with Gasteiger partial charge in [0.2, 0.25) is 5.88 Å². The molecule has 1 fully saturated rings. The van der Waals surface area contributed by atoms with Crippen molar-refractivity contribution in [3.05, 3.63) is 114 Å². The van der Waals surface area contributed by atoms with Crippen LogP contribution in [-0.4, -0.2) is 45.0 Å². The van der Waals surface area contributed by atoms with Gasteiger partial charge in [-0.3, -0.25) is 0 Å². The van der Waals surface area contributed by atoms with Gasteiger partial charge >= 0.3 is 0 Å². The van der Waals surface area contributed by atoms with Crippen molar-refractivity contribution < 1.29 is 4.74 Å². The van der Waals surface area contributed by atoms with Crippen molar-refractivity contribution in [2.45, 2.75) is 24.2 Å². The second-order valence-electron chi connectivity index (χ2n) is 10.6. The van der Waals surface area contributed by atoms with E-state index in [-0.39, 0.29) is 11.3 Å². The number of likely N-dealkylation sites (tertiary alicyclic amines) is 1. The van der Waals surface area contributed by atoms with Gasteiger partial charge in [0.05, 0.1) is 12.6 Å². The maximum atomic E-state index is 6.04. The van der Waals surface area contributed by atoms with Gasteiger partial charge in [-0.15, -0.1) is 0 Å². The highest BCUT2D eigenvalue weighted by atomic mass is 16.5. The van der Waals surface area contributed by atoms with Crippen LogP contribution < -0.4 is 10.2 Å². The van der Waals surface area contributed by atoms with E-state index in [1.807, 2.05) is 0 Å². The van der Waals surface area contributed by atoms with Gasteiger partial charge in [-0.05, 0) is 67.0 Å². The van der Waals surface area contributed by atoms with Crippen LogP contribution in [0.4, 0.5) is 0 Å². The van der Waals surface area contributed by atoms with E-state index in [1.165, 1.54) is 32.9 Å². The number of piperidine rings is 1. The van der Waals surface area contributed by atoms with Crippen molar-refractivity contribution in [3.8, 4) is 5.88 Å². The average molecular weight is 484 g/mol. The summed E-state index contributed by atoms with van der Waals surface area (Å²) < 4.78 is 6.04. The highest BCUT2D eigenvalue weighted by Crippen LogP contribution is 2.53. The van der Waals surface area contributed by atoms with Crippen LogP contribution in [0.3, 0.4) is 0 Å². The van der Waals surface area contributed by atoms with Crippen molar-refractivity contribution >= 4 is 35.0 Å². The molecule has 0 amide bonds. The molecule has 0 unspecified atom stereocenters. The van der Waals surface area contributed by atoms with E-state index in [0.717, 1.165) is 42.7 Å². The standard InChI is InChI=1S/C33H33BN2O/c1-36-19-17-33(18-20-36,29-14-8-12-23-9-6-7-13-27(23)29)31(24-10-4-3-5-11-24)28-22-25-21-26(34)15-16-30(25)35-32(28)37-2/h3-16,21-22,31H,17-20,34H2,1-2H3/t31-/m1/s1. The summed E-state index contributed by atoms with van der Waals surface area (Å²) in [5.41, 5.74) is 6.02. The molecule has 0 radical (unpaired) electrons. The Balaban J connectivity index is 1.68. The molecule has 1 atom stereocenters. The van der Waals surface area contributed by atoms with Gasteiger partial charge in [0, 0.05) is 22.3 Å². The molecule has 3 nitrogen and oxygen atoms in total. The third-order valence-corrected chi connectivity index (χ3v) is 8.36. The first-order valence-corrected chi connectivity index (χ1v) is 13.3. The van der Waals surface area contributed by atoms with Crippen molar-refractivity contribution in [3.63, 3.8) is 0 Å². The van der Waals surface area contributed by atoms with Crippen LogP contribution in [0.15, 0.2) is 97.1 Å². The molecule has 4 aromatic carbocycles. The van der Waals surface area contributed by atoms with Crippen LogP contribution in [0.2, 0.25) is 0 Å². The van der Waals surface area contributed by atoms with Gasteiger partial charge < -0.3 is 9.64 Å². The first-order chi connectivity index (χ1) is 18.1. The summed E-state index contributed by atoms with van der Waals surface area (Å²) in [6.45, 7) is 2.10. The zero-order chi connectivity index (χ0) is 25.4. The molecule has 0 aliphatic carbocycles. The maximum absolute atomic E-state index is 6.04. The van der Waals surface area contributed by atoms with Crippen LogP contribution in [0.5, 0.6) is 5.88 Å². The SMILES string of the molecule is Bc1ccc2nc(OC)c([C@@H](c3ccccc3)C3(c4cccc5ccccc45)CCN(C)CC3)cc2c1. The largest absolute Gasteiger partial charge is 0.481 e. The fraction of sp³-hybridized carbons (Fsp3) is 0.242. The number of fused-ring (bicyclic) bond motifs is 2. The molecule has 184 valence electrons. The van der Waals surface area contributed by atoms with Gasteiger partial charge in [-0.1, -0.05) is 90.4 Å². The van der Waals surface area contributed by atoms with Gasteiger partial charge in [-0.2, -0.15) is 0 Å². The molecule has 0 spiro atoms. The van der Waals surface area contributed by atoms with Crippen LogP contribution in [-0.2, 0) is 5.41 Å². The summed E-state index contributed by atoms with van der Waals surface area (Å²) in [6, 6.07) is 35.5. The molecule has 0 bridgehead atoms. The van der Waals surface area contributed by atoms with Gasteiger partial charge in [0.25, 0.3) is 0 Å². The molecule has 0 saturated carbocycles. The number of ether oxygens (including phenoxy) is 1. The molecule has 1 aliphatic heterocycles. The molecule has 2 heterocycles. The minimum atomic E-state index is -0.110. The third-order valence-electron chi connectivity index (χ3n) is 8.36. The smallest absolute Gasteiger partial charge is 0.217 e. The number of nitrogens with zero attached hydrogens (tertiary/aromatic N) is 2. The minimum Gasteiger partial charge on any atom is -0.481 e. The van der Waals surface area contributed by atoms with Crippen LogP contribution in [0, 0.1) is 0 Å². The predicted octanol–water partition coefficient (Wildman–Crippen LogP) is 5.45. The van der Waals surface area contributed by atoms with Crippen LogP contribution in [0.25, 0.3) is 21.7 Å². The van der Waals surface area contributed by atoms with E-state index < -0.39 is 0 Å². The first-order valence-electron chi connectivity index (χ1n) is 13.3. The van der Waals surface area contributed by atoms with E-state index in [9.17, 15) is 0 Å². The first kappa shape index (κ1) is 23.8. The number of benzene rings is 4. The lowest BCUT2D eigenvalue weighted by molar-refractivity contribution is 0.171. The summed E-state index contributed by atoms with van der Waals surface area (Å²) in [7, 11) is 6.14. The normalized spacial score (nSPS) is 16.6. The van der Waals surface area contributed by atoms with E-state index in [0.29, 0.717) is 0 Å². The highest BCUT2D eigenvalue weighted by Gasteiger charge is 2.46. The lowest BCUT2D eigenvalue weighted by Gasteiger charge is -2.47. The molecular weight excluding hydrogens is 451 g/mol. The lowest BCUT2D eigenvalue weighted by Crippen LogP contribution is -2.45. The highest BCUT2D eigenvalue weighted by molar-refractivity contribution is 6.33. The molecule has 4 heteroatoms. The average Bonchev–Trinajstić information content (AvgIpc) is 2.94. The van der Waals surface area contributed by atoms with Crippen LogP contribution in [0.1, 0.15) is 35.4 Å². The fourth-order valence-electron chi connectivity index (χ4n) is 6.50. The monoisotopic (exact) mass is 484 g/mol. The van der Waals surface area contributed by atoms with Gasteiger partial charge in [0.1, 0.15) is 7.85 Å². The number of methoxy groups -OCH3 is 1.